The van der Waals surface area contributed by atoms with Gasteiger partial charge in [0.25, 0.3) is 10.0 Å². The number of rotatable bonds is 9. The van der Waals surface area contributed by atoms with Crippen molar-refractivity contribution in [3.8, 4) is 5.75 Å². The number of nitrogens with zero attached hydrogens (tertiary/aromatic N) is 2. The molecule has 1 aliphatic rings. The molecule has 1 atom stereocenters. The van der Waals surface area contributed by atoms with E-state index in [-0.39, 0.29) is 10.8 Å². The number of methoxy groups -OCH3 is 1. The van der Waals surface area contributed by atoms with Gasteiger partial charge in [-0.05, 0) is 73.3 Å². The second-order valence-electron chi connectivity index (χ2n) is 9.78. The molecule has 40 heavy (non-hydrogen) atoms. The van der Waals surface area contributed by atoms with Crippen molar-refractivity contribution in [2.24, 2.45) is 4.99 Å². The molecule has 1 aliphatic heterocycles. The molecule has 0 aliphatic carbocycles. The summed E-state index contributed by atoms with van der Waals surface area (Å²) < 4.78 is 34.1. The summed E-state index contributed by atoms with van der Waals surface area (Å²) in [5.74, 6) is -0.528. The molecule has 0 spiro atoms. The van der Waals surface area contributed by atoms with E-state index in [4.69, 9.17) is 9.73 Å². The van der Waals surface area contributed by atoms with Crippen molar-refractivity contribution in [2.45, 2.75) is 17.4 Å². The zero-order chi connectivity index (χ0) is 28.3. The first-order valence-corrected chi connectivity index (χ1v) is 14.2. The molecule has 1 amide bonds. The highest BCUT2D eigenvalue weighted by Crippen LogP contribution is 2.38. The van der Waals surface area contributed by atoms with Gasteiger partial charge in [-0.15, -0.1) is 0 Å². The van der Waals surface area contributed by atoms with Crippen LogP contribution in [0.15, 0.2) is 107 Å². The Morgan fingerprint density at radius 3 is 2.40 bits per heavy atom. The fraction of sp³-hybridized carbons (Fsp3) is 0.161. The maximum Gasteiger partial charge on any atom is 0.262 e. The third kappa shape index (κ3) is 5.90. The number of amides is 1. The molecule has 0 saturated carbocycles. The van der Waals surface area contributed by atoms with Gasteiger partial charge in [0.2, 0.25) is 5.91 Å². The molecule has 0 saturated heterocycles. The summed E-state index contributed by atoms with van der Waals surface area (Å²) in [6.07, 6.45) is 0. The number of nitrogens with one attached hydrogen (secondary N) is 2. The maximum absolute atomic E-state index is 13.4. The normalized spacial score (nSPS) is 15.1. The Kier molecular flexibility index (Phi) is 7.68. The van der Waals surface area contributed by atoms with Gasteiger partial charge in [-0.1, -0.05) is 48.5 Å². The molecule has 1 heterocycles. The van der Waals surface area contributed by atoms with Gasteiger partial charge in [0.15, 0.2) is 0 Å². The van der Waals surface area contributed by atoms with E-state index in [0.717, 1.165) is 23.4 Å². The van der Waals surface area contributed by atoms with E-state index >= 15 is 0 Å². The van der Waals surface area contributed by atoms with Gasteiger partial charge in [-0.2, -0.15) is 0 Å². The molecule has 0 aromatic heterocycles. The first-order chi connectivity index (χ1) is 19.2. The predicted octanol–water partition coefficient (Wildman–Crippen LogP) is 5.41. The van der Waals surface area contributed by atoms with E-state index in [1.54, 1.807) is 30.3 Å². The van der Waals surface area contributed by atoms with E-state index < -0.39 is 15.9 Å². The van der Waals surface area contributed by atoms with Crippen LogP contribution in [0.4, 0.5) is 17.1 Å². The molecule has 0 radical (unpaired) electrons. The van der Waals surface area contributed by atoms with Crippen LogP contribution in [0, 0.1) is 0 Å². The van der Waals surface area contributed by atoms with Crippen molar-refractivity contribution in [2.75, 3.05) is 31.2 Å². The predicted molar refractivity (Wildman–Crippen MR) is 158 cm³/mol. The zero-order valence-corrected chi connectivity index (χ0v) is 23.3. The topological polar surface area (TPSA) is 100 Å². The molecule has 4 aromatic rings. The molecule has 1 unspecified atom stereocenters. The van der Waals surface area contributed by atoms with E-state index in [9.17, 15) is 13.2 Å². The molecule has 0 fully saturated rings. The number of carbonyl (C=O) groups is 1. The minimum absolute atomic E-state index is 0.0716. The standard InChI is InChI=1S/C31H30N4O4S/c1-35(2)20-21-12-14-23(15-13-21)32-30(22-8-5-4-6-9-22)29-27-18-24(16-17-28(27)33-31(29)36)34-40(37,38)26-11-7-10-25(19-26)39-3/h4-19,29,34H,20H2,1-3H3,(H,33,36). The molecule has 8 nitrogen and oxygen atoms in total. The zero-order valence-electron chi connectivity index (χ0n) is 22.5. The Bertz CT molecular complexity index is 1670. The second kappa shape index (κ2) is 11.3. The smallest absolute Gasteiger partial charge is 0.262 e. The van der Waals surface area contributed by atoms with Crippen LogP contribution >= 0.6 is 0 Å². The van der Waals surface area contributed by atoms with E-state index in [0.29, 0.717) is 28.4 Å². The number of benzene rings is 4. The largest absolute Gasteiger partial charge is 0.497 e. The van der Waals surface area contributed by atoms with Crippen molar-refractivity contribution in [1.29, 1.82) is 0 Å². The number of carbonyl (C=O) groups excluding carboxylic acids is 1. The molecule has 204 valence electrons. The Morgan fingerprint density at radius 1 is 0.950 bits per heavy atom. The Morgan fingerprint density at radius 2 is 1.70 bits per heavy atom. The molecule has 0 bridgehead atoms. The van der Waals surface area contributed by atoms with Crippen LogP contribution in [-0.4, -0.2) is 46.1 Å². The van der Waals surface area contributed by atoms with E-state index in [2.05, 4.69) is 14.9 Å². The lowest BCUT2D eigenvalue weighted by molar-refractivity contribution is -0.115. The number of sulfonamides is 1. The quantitative estimate of drug-likeness (QED) is 0.269. The summed E-state index contributed by atoms with van der Waals surface area (Å²) in [7, 11) is 1.61. The van der Waals surface area contributed by atoms with Gasteiger partial charge >= 0.3 is 0 Å². The van der Waals surface area contributed by atoms with Crippen LogP contribution in [0.25, 0.3) is 0 Å². The van der Waals surface area contributed by atoms with Crippen molar-refractivity contribution in [3.05, 3.63) is 114 Å². The highest BCUT2D eigenvalue weighted by Gasteiger charge is 2.36. The SMILES string of the molecule is COc1cccc(S(=O)(=O)Nc2ccc3c(c2)C(C(=Nc2ccc(CN(C)C)cc2)c2ccccc2)C(=O)N3)c1. The maximum atomic E-state index is 13.4. The van der Waals surface area contributed by atoms with Crippen LogP contribution in [0.5, 0.6) is 5.75 Å². The Balaban J connectivity index is 1.53. The number of hydrogen-bond acceptors (Lipinski definition) is 6. The van der Waals surface area contributed by atoms with Crippen LogP contribution < -0.4 is 14.8 Å². The van der Waals surface area contributed by atoms with Crippen LogP contribution in [-0.2, 0) is 21.4 Å². The average Bonchev–Trinajstić information content (AvgIpc) is 3.27. The summed E-state index contributed by atoms with van der Waals surface area (Å²) in [5.41, 5.74) is 4.84. The third-order valence-corrected chi connectivity index (χ3v) is 7.89. The third-order valence-electron chi connectivity index (χ3n) is 6.51. The molecule has 4 aromatic carbocycles. The molecular weight excluding hydrogens is 524 g/mol. The fourth-order valence-corrected chi connectivity index (χ4v) is 5.75. The lowest BCUT2D eigenvalue weighted by Gasteiger charge is -2.16. The van der Waals surface area contributed by atoms with E-state index in [1.807, 2.05) is 68.7 Å². The Hall–Kier alpha value is -4.47. The summed E-state index contributed by atoms with van der Waals surface area (Å²) in [6.45, 7) is 0.808. The lowest BCUT2D eigenvalue weighted by Crippen LogP contribution is -2.22. The molecule has 2 N–H and O–H groups in total. The minimum atomic E-state index is -3.90. The summed E-state index contributed by atoms with van der Waals surface area (Å²) in [6, 6.07) is 28.7. The molecule has 9 heteroatoms. The fourth-order valence-electron chi connectivity index (χ4n) is 4.66. The highest BCUT2D eigenvalue weighted by molar-refractivity contribution is 7.92. The van der Waals surface area contributed by atoms with Crippen molar-refractivity contribution in [3.63, 3.8) is 0 Å². The van der Waals surface area contributed by atoms with Crippen molar-refractivity contribution in [1.82, 2.24) is 4.90 Å². The highest BCUT2D eigenvalue weighted by atomic mass is 32.2. The number of ether oxygens (including phenoxy) is 1. The van der Waals surface area contributed by atoms with Gasteiger partial charge < -0.3 is 15.0 Å². The van der Waals surface area contributed by atoms with Gasteiger partial charge in [0.1, 0.15) is 11.7 Å². The monoisotopic (exact) mass is 554 g/mol. The number of anilines is 2. The average molecular weight is 555 g/mol. The summed E-state index contributed by atoms with van der Waals surface area (Å²) in [5, 5.41) is 2.93. The number of aliphatic imine (C=N–C) groups is 1. The summed E-state index contributed by atoms with van der Waals surface area (Å²) >= 11 is 0. The van der Waals surface area contributed by atoms with Gasteiger partial charge in [0, 0.05) is 24.0 Å². The van der Waals surface area contributed by atoms with Crippen LogP contribution in [0.2, 0.25) is 0 Å². The van der Waals surface area contributed by atoms with Gasteiger partial charge in [-0.3, -0.25) is 14.5 Å². The van der Waals surface area contributed by atoms with Crippen molar-refractivity contribution >= 4 is 38.7 Å². The first-order valence-electron chi connectivity index (χ1n) is 12.7. The summed E-state index contributed by atoms with van der Waals surface area (Å²) in [4.78, 5) is 20.5. The first kappa shape index (κ1) is 27.1. The number of hydrogen-bond donors (Lipinski definition) is 2. The number of fused-ring (bicyclic) bond motifs is 1. The van der Waals surface area contributed by atoms with Gasteiger partial charge in [0.05, 0.1) is 23.4 Å². The minimum Gasteiger partial charge on any atom is -0.497 e. The molecular formula is C31H30N4O4S. The van der Waals surface area contributed by atoms with Gasteiger partial charge in [-0.25, -0.2) is 8.42 Å². The second-order valence-corrected chi connectivity index (χ2v) is 11.5. The van der Waals surface area contributed by atoms with Crippen molar-refractivity contribution < 1.29 is 17.9 Å². The molecule has 5 rings (SSSR count). The van der Waals surface area contributed by atoms with Crippen LogP contribution in [0.1, 0.15) is 22.6 Å². The van der Waals surface area contributed by atoms with E-state index in [1.165, 1.54) is 19.2 Å². The van der Waals surface area contributed by atoms with Crippen LogP contribution in [0.3, 0.4) is 0 Å². The Labute approximate surface area is 234 Å². The lowest BCUT2D eigenvalue weighted by atomic mass is 9.90.